The van der Waals surface area contributed by atoms with Gasteiger partial charge in [0.25, 0.3) is 0 Å². The number of benzene rings is 1. The molecule has 0 amide bonds. The Kier molecular flexibility index (Phi) is 4.87. The summed E-state index contributed by atoms with van der Waals surface area (Å²) in [5.74, 6) is -1.14. The summed E-state index contributed by atoms with van der Waals surface area (Å²) in [6.07, 6.45) is 1.04. The molecule has 6 nitrogen and oxygen atoms in total. The van der Waals surface area contributed by atoms with Gasteiger partial charge in [0, 0.05) is 0 Å². The summed E-state index contributed by atoms with van der Waals surface area (Å²) in [4.78, 5) is 29.4. The van der Waals surface area contributed by atoms with Crippen molar-refractivity contribution in [2.24, 2.45) is 0 Å². The SMILES string of the molecule is CCCCC(O)(c1ccc(C(=O)O)cc1)P(=O)(O)O. The first-order chi connectivity index (χ1) is 8.72. The summed E-state index contributed by atoms with van der Waals surface area (Å²) in [7, 11) is -4.77. The molecule has 0 saturated carbocycles. The molecule has 1 rings (SSSR count). The fraction of sp³-hybridized carbons (Fsp3) is 0.417. The van der Waals surface area contributed by atoms with Crippen molar-refractivity contribution in [1.82, 2.24) is 0 Å². The molecule has 1 atom stereocenters. The number of hydrogen-bond acceptors (Lipinski definition) is 3. The Morgan fingerprint density at radius 1 is 1.26 bits per heavy atom. The van der Waals surface area contributed by atoms with Gasteiger partial charge in [-0.2, -0.15) is 0 Å². The molecule has 0 fully saturated rings. The first-order valence-corrected chi connectivity index (χ1v) is 7.45. The van der Waals surface area contributed by atoms with E-state index in [0.717, 1.165) is 0 Å². The van der Waals surface area contributed by atoms with Crippen LogP contribution in [-0.4, -0.2) is 26.0 Å². The molecule has 0 heterocycles. The molecule has 0 aliphatic rings. The maximum absolute atomic E-state index is 11.5. The normalized spacial score (nSPS) is 14.9. The van der Waals surface area contributed by atoms with Crippen LogP contribution in [0.3, 0.4) is 0 Å². The Bertz CT molecular complexity index is 491. The molecule has 0 aromatic heterocycles. The number of aliphatic hydroxyl groups is 1. The molecule has 0 aliphatic carbocycles. The van der Waals surface area contributed by atoms with Crippen LogP contribution in [0.5, 0.6) is 0 Å². The van der Waals surface area contributed by atoms with Crippen LogP contribution in [0.2, 0.25) is 0 Å². The van der Waals surface area contributed by atoms with Gasteiger partial charge in [0.2, 0.25) is 0 Å². The highest BCUT2D eigenvalue weighted by Crippen LogP contribution is 2.57. The van der Waals surface area contributed by atoms with E-state index in [1.807, 2.05) is 6.92 Å². The number of carboxylic acid groups (broad SMARTS) is 1. The van der Waals surface area contributed by atoms with Gasteiger partial charge in [0.15, 0.2) is 5.34 Å². The van der Waals surface area contributed by atoms with E-state index in [2.05, 4.69) is 0 Å². The maximum Gasteiger partial charge on any atom is 0.361 e. The van der Waals surface area contributed by atoms with Crippen LogP contribution in [0.1, 0.15) is 42.1 Å². The first kappa shape index (κ1) is 15.9. The standard InChI is InChI=1S/C12H17O6P/c1-2-3-8-12(15,19(16,17)18)10-6-4-9(5-7-10)11(13)14/h4-7,15H,2-3,8H2,1H3,(H,13,14)(H2,16,17,18). The minimum Gasteiger partial charge on any atom is -0.478 e. The zero-order chi connectivity index (χ0) is 14.7. The quantitative estimate of drug-likeness (QED) is 0.594. The fourth-order valence-electron chi connectivity index (χ4n) is 1.76. The molecule has 7 heteroatoms. The topological polar surface area (TPSA) is 115 Å². The number of aromatic carboxylic acids is 1. The Morgan fingerprint density at radius 2 is 1.79 bits per heavy atom. The maximum atomic E-state index is 11.5. The van der Waals surface area contributed by atoms with E-state index in [4.69, 9.17) is 5.11 Å². The van der Waals surface area contributed by atoms with Crippen molar-refractivity contribution >= 4 is 13.6 Å². The first-order valence-electron chi connectivity index (χ1n) is 5.84. The summed E-state index contributed by atoms with van der Waals surface area (Å²) in [6, 6.07) is 4.89. The summed E-state index contributed by atoms with van der Waals surface area (Å²) < 4.78 is 11.5. The van der Waals surface area contributed by atoms with E-state index in [1.165, 1.54) is 24.3 Å². The smallest absolute Gasteiger partial charge is 0.361 e. The van der Waals surface area contributed by atoms with Crippen LogP contribution in [0.25, 0.3) is 0 Å². The second kappa shape index (κ2) is 5.84. The van der Waals surface area contributed by atoms with E-state index >= 15 is 0 Å². The number of hydrogen-bond donors (Lipinski definition) is 4. The number of carbonyl (C=O) groups is 1. The molecule has 1 aromatic carbocycles. The molecule has 0 spiro atoms. The number of unbranched alkanes of at least 4 members (excludes halogenated alkanes) is 1. The Hall–Kier alpha value is -1.20. The molecule has 0 saturated heterocycles. The summed E-state index contributed by atoms with van der Waals surface area (Å²) in [5, 5.41) is 16.8. The summed E-state index contributed by atoms with van der Waals surface area (Å²) in [6.45, 7) is 1.84. The molecule has 4 N–H and O–H groups in total. The lowest BCUT2D eigenvalue weighted by molar-refractivity contribution is 0.0695. The molecule has 1 aromatic rings. The van der Waals surface area contributed by atoms with Gasteiger partial charge in [-0.25, -0.2) is 4.79 Å². The third-order valence-corrected chi connectivity index (χ3v) is 4.40. The summed E-state index contributed by atoms with van der Waals surface area (Å²) >= 11 is 0. The van der Waals surface area contributed by atoms with Crippen LogP contribution < -0.4 is 0 Å². The fourth-order valence-corrected chi connectivity index (χ4v) is 2.70. The molecular weight excluding hydrogens is 271 g/mol. The Morgan fingerprint density at radius 3 is 2.16 bits per heavy atom. The molecule has 0 radical (unpaired) electrons. The van der Waals surface area contributed by atoms with Gasteiger partial charge in [-0.05, 0) is 30.5 Å². The highest BCUT2D eigenvalue weighted by molar-refractivity contribution is 7.52. The minimum atomic E-state index is -4.77. The molecule has 19 heavy (non-hydrogen) atoms. The number of rotatable bonds is 6. The molecule has 1 unspecified atom stereocenters. The van der Waals surface area contributed by atoms with Crippen molar-refractivity contribution in [2.75, 3.05) is 0 Å². The minimum absolute atomic E-state index is 0.00713. The predicted molar refractivity (Wildman–Crippen MR) is 68.9 cm³/mol. The zero-order valence-corrected chi connectivity index (χ0v) is 11.4. The van der Waals surface area contributed by atoms with Gasteiger partial charge in [-0.3, -0.25) is 4.57 Å². The second-order valence-corrected chi connectivity index (χ2v) is 6.17. The van der Waals surface area contributed by atoms with Crippen molar-refractivity contribution in [2.45, 2.75) is 31.5 Å². The van der Waals surface area contributed by atoms with Crippen molar-refractivity contribution in [3.05, 3.63) is 35.4 Å². The largest absolute Gasteiger partial charge is 0.478 e. The molecule has 0 bridgehead atoms. The predicted octanol–water partition coefficient (Wildman–Crippen LogP) is 1.90. The zero-order valence-electron chi connectivity index (χ0n) is 10.5. The van der Waals surface area contributed by atoms with Crippen LogP contribution in [0.4, 0.5) is 0 Å². The highest BCUT2D eigenvalue weighted by atomic mass is 31.2. The van der Waals surface area contributed by atoms with Crippen molar-refractivity contribution in [1.29, 1.82) is 0 Å². The highest BCUT2D eigenvalue weighted by Gasteiger charge is 2.46. The van der Waals surface area contributed by atoms with E-state index in [9.17, 15) is 24.3 Å². The average Bonchev–Trinajstić information content (AvgIpc) is 2.34. The van der Waals surface area contributed by atoms with E-state index in [0.29, 0.717) is 12.8 Å². The van der Waals surface area contributed by atoms with E-state index < -0.39 is 18.9 Å². The third-order valence-electron chi connectivity index (χ3n) is 2.95. The van der Waals surface area contributed by atoms with E-state index in [-0.39, 0.29) is 17.5 Å². The van der Waals surface area contributed by atoms with Crippen LogP contribution in [0.15, 0.2) is 24.3 Å². The van der Waals surface area contributed by atoms with Gasteiger partial charge in [0.05, 0.1) is 5.56 Å². The van der Waals surface area contributed by atoms with Gasteiger partial charge < -0.3 is 20.0 Å². The van der Waals surface area contributed by atoms with Crippen LogP contribution in [-0.2, 0) is 9.91 Å². The van der Waals surface area contributed by atoms with E-state index in [1.54, 1.807) is 0 Å². The van der Waals surface area contributed by atoms with Crippen LogP contribution >= 0.6 is 7.60 Å². The monoisotopic (exact) mass is 288 g/mol. The van der Waals surface area contributed by atoms with Gasteiger partial charge in [0.1, 0.15) is 0 Å². The van der Waals surface area contributed by atoms with Crippen molar-refractivity contribution in [3.8, 4) is 0 Å². The van der Waals surface area contributed by atoms with Gasteiger partial charge in [-0.1, -0.05) is 25.5 Å². The lowest BCUT2D eigenvalue weighted by Crippen LogP contribution is -2.25. The molecular formula is C12H17O6P. The average molecular weight is 288 g/mol. The Labute approximate surface area is 110 Å². The molecule has 0 aliphatic heterocycles. The Balaban J connectivity index is 3.18. The third kappa shape index (κ3) is 3.42. The van der Waals surface area contributed by atoms with Gasteiger partial charge >= 0.3 is 13.6 Å². The van der Waals surface area contributed by atoms with Crippen molar-refractivity contribution < 1.29 is 29.4 Å². The lowest BCUT2D eigenvalue weighted by atomic mass is 10.0. The summed E-state index contributed by atoms with van der Waals surface area (Å²) in [5.41, 5.74) is 0.0200. The second-order valence-electron chi connectivity index (χ2n) is 4.35. The molecule has 106 valence electrons. The number of carboxylic acids is 1. The van der Waals surface area contributed by atoms with Gasteiger partial charge in [-0.15, -0.1) is 0 Å². The lowest BCUT2D eigenvalue weighted by Gasteiger charge is -2.29. The van der Waals surface area contributed by atoms with Crippen molar-refractivity contribution in [3.63, 3.8) is 0 Å². The van der Waals surface area contributed by atoms with Crippen LogP contribution in [0, 0.1) is 0 Å².